The first-order chi connectivity index (χ1) is 6.45. The van der Waals surface area contributed by atoms with Crippen molar-refractivity contribution in [3.05, 3.63) is 29.8 Å². The van der Waals surface area contributed by atoms with Gasteiger partial charge in [-0.05, 0) is 32.2 Å². The van der Waals surface area contributed by atoms with E-state index in [9.17, 15) is 4.79 Å². The minimum atomic E-state index is -0.819. The molecule has 1 rings (SSSR count). The molecule has 0 atom stereocenters. The normalized spacial score (nSPS) is 11.4. The van der Waals surface area contributed by atoms with Crippen LogP contribution in [0.25, 0.3) is 0 Å². The van der Waals surface area contributed by atoms with E-state index in [1.165, 1.54) is 0 Å². The van der Waals surface area contributed by atoms with Gasteiger partial charge in [-0.15, -0.1) is 23.4 Å². The Labute approximate surface area is 93.8 Å². The van der Waals surface area contributed by atoms with Crippen LogP contribution in [0.5, 0.6) is 0 Å². The summed E-state index contributed by atoms with van der Waals surface area (Å²) in [7, 11) is 0. The second-order valence-corrected chi connectivity index (χ2v) is 5.35. The van der Waals surface area contributed by atoms with Crippen LogP contribution >= 0.6 is 23.4 Å². The first-order valence-electron chi connectivity index (χ1n) is 4.33. The lowest BCUT2D eigenvalue weighted by Crippen LogP contribution is -2.24. The smallest absolute Gasteiger partial charge is 0.183 e. The molecule has 0 saturated carbocycles. The summed E-state index contributed by atoms with van der Waals surface area (Å²) in [6.07, 6.45) is 2.00. The molecule has 0 unspecified atom stereocenters. The molecule has 0 bridgehead atoms. The quantitative estimate of drug-likeness (QED) is 0.447. The van der Waals surface area contributed by atoms with Gasteiger partial charge in [0.2, 0.25) is 0 Å². The molecule has 0 spiro atoms. The molecule has 0 aromatic heterocycles. The maximum atomic E-state index is 11.7. The van der Waals surface area contributed by atoms with Crippen LogP contribution < -0.4 is 0 Å². The topological polar surface area (TPSA) is 17.1 Å². The summed E-state index contributed by atoms with van der Waals surface area (Å²) in [5, 5.41) is 0. The van der Waals surface area contributed by atoms with E-state index in [1.807, 2.05) is 30.5 Å². The molecule has 0 N–H and O–H groups in total. The number of carbonyl (C=O) groups excluding carboxylic acids is 1. The fourth-order valence-corrected chi connectivity index (χ4v) is 1.60. The molecule has 0 saturated heterocycles. The van der Waals surface area contributed by atoms with Crippen molar-refractivity contribution in [2.75, 3.05) is 6.26 Å². The Bertz CT molecular complexity index is 324. The molecule has 76 valence electrons. The molecule has 0 amide bonds. The van der Waals surface area contributed by atoms with Crippen molar-refractivity contribution >= 4 is 29.1 Å². The van der Waals surface area contributed by atoms with E-state index in [0.29, 0.717) is 5.56 Å². The van der Waals surface area contributed by atoms with Gasteiger partial charge in [-0.2, -0.15) is 0 Å². The summed E-state index contributed by atoms with van der Waals surface area (Å²) >= 11 is 7.59. The van der Waals surface area contributed by atoms with Gasteiger partial charge in [-0.1, -0.05) is 12.1 Å². The second kappa shape index (κ2) is 4.37. The third-order valence-electron chi connectivity index (χ3n) is 1.89. The summed E-state index contributed by atoms with van der Waals surface area (Å²) in [6, 6.07) is 7.50. The molecule has 14 heavy (non-hydrogen) atoms. The fourth-order valence-electron chi connectivity index (χ4n) is 1.09. The second-order valence-electron chi connectivity index (χ2n) is 3.53. The molecular weight excluding hydrogens is 216 g/mol. The minimum Gasteiger partial charge on any atom is -0.292 e. The third-order valence-corrected chi connectivity index (χ3v) is 2.81. The zero-order valence-electron chi connectivity index (χ0n) is 8.50. The van der Waals surface area contributed by atoms with Gasteiger partial charge in [0.05, 0.1) is 0 Å². The number of benzene rings is 1. The van der Waals surface area contributed by atoms with Gasteiger partial charge in [0, 0.05) is 10.5 Å². The van der Waals surface area contributed by atoms with E-state index in [-0.39, 0.29) is 5.78 Å². The van der Waals surface area contributed by atoms with Gasteiger partial charge < -0.3 is 0 Å². The van der Waals surface area contributed by atoms with Crippen molar-refractivity contribution in [1.29, 1.82) is 0 Å². The van der Waals surface area contributed by atoms with Crippen molar-refractivity contribution in [3.63, 3.8) is 0 Å². The standard InChI is InChI=1S/C11H13ClOS/c1-11(2,12)10(13)8-4-6-9(14-3)7-5-8/h4-7H,1-3H3. The Kier molecular flexibility index (Phi) is 3.62. The molecule has 0 radical (unpaired) electrons. The van der Waals surface area contributed by atoms with Crippen LogP contribution in [0.2, 0.25) is 0 Å². The van der Waals surface area contributed by atoms with E-state index < -0.39 is 4.87 Å². The van der Waals surface area contributed by atoms with Crippen molar-refractivity contribution in [2.24, 2.45) is 0 Å². The van der Waals surface area contributed by atoms with Crippen LogP contribution in [0.3, 0.4) is 0 Å². The Morgan fingerprint density at radius 2 is 1.79 bits per heavy atom. The number of ketones is 1. The van der Waals surface area contributed by atoms with Gasteiger partial charge in [-0.3, -0.25) is 4.79 Å². The lowest BCUT2D eigenvalue weighted by molar-refractivity contribution is 0.0954. The van der Waals surface area contributed by atoms with Crippen LogP contribution in [0, 0.1) is 0 Å². The number of carbonyl (C=O) groups is 1. The van der Waals surface area contributed by atoms with E-state index in [1.54, 1.807) is 25.6 Å². The number of alkyl halides is 1. The molecule has 1 nitrogen and oxygen atoms in total. The number of Topliss-reactive ketones (excluding diaryl/α,β-unsaturated/α-hetero) is 1. The molecular formula is C11H13ClOS. The molecule has 3 heteroatoms. The van der Waals surface area contributed by atoms with Crippen LogP contribution in [-0.2, 0) is 0 Å². The maximum absolute atomic E-state index is 11.7. The third kappa shape index (κ3) is 2.76. The maximum Gasteiger partial charge on any atom is 0.183 e. The monoisotopic (exact) mass is 228 g/mol. The predicted molar refractivity (Wildman–Crippen MR) is 62.5 cm³/mol. The first-order valence-corrected chi connectivity index (χ1v) is 5.93. The van der Waals surface area contributed by atoms with Crippen LogP contribution in [0.15, 0.2) is 29.2 Å². The van der Waals surface area contributed by atoms with Gasteiger partial charge >= 0.3 is 0 Å². The van der Waals surface area contributed by atoms with Crippen molar-refractivity contribution in [2.45, 2.75) is 23.6 Å². The highest BCUT2D eigenvalue weighted by molar-refractivity contribution is 7.98. The summed E-state index contributed by atoms with van der Waals surface area (Å²) < 4.78 is 0. The van der Waals surface area contributed by atoms with E-state index in [2.05, 4.69) is 0 Å². The van der Waals surface area contributed by atoms with Crippen molar-refractivity contribution < 1.29 is 4.79 Å². The van der Waals surface area contributed by atoms with Gasteiger partial charge in [0.15, 0.2) is 5.78 Å². The highest BCUT2D eigenvalue weighted by Gasteiger charge is 2.25. The van der Waals surface area contributed by atoms with Crippen LogP contribution in [-0.4, -0.2) is 16.9 Å². The summed E-state index contributed by atoms with van der Waals surface area (Å²) in [4.78, 5) is 12.1. The van der Waals surface area contributed by atoms with Crippen LogP contribution in [0.1, 0.15) is 24.2 Å². The average Bonchev–Trinajstić information content (AvgIpc) is 2.15. The molecule has 0 aliphatic heterocycles. The predicted octanol–water partition coefficient (Wildman–Crippen LogP) is 3.61. The lowest BCUT2D eigenvalue weighted by Gasteiger charge is -2.13. The van der Waals surface area contributed by atoms with Gasteiger partial charge in [0.25, 0.3) is 0 Å². The molecule has 0 heterocycles. The van der Waals surface area contributed by atoms with Gasteiger partial charge in [0.1, 0.15) is 4.87 Å². The molecule has 0 aliphatic rings. The number of hydrogen-bond acceptors (Lipinski definition) is 2. The van der Waals surface area contributed by atoms with E-state index in [0.717, 1.165) is 4.90 Å². The zero-order chi connectivity index (χ0) is 10.8. The zero-order valence-corrected chi connectivity index (χ0v) is 10.1. The van der Waals surface area contributed by atoms with Crippen molar-refractivity contribution in [3.8, 4) is 0 Å². The molecule has 1 aromatic rings. The number of thioether (sulfide) groups is 1. The average molecular weight is 229 g/mol. The highest BCUT2D eigenvalue weighted by Crippen LogP contribution is 2.21. The highest BCUT2D eigenvalue weighted by atomic mass is 35.5. The largest absolute Gasteiger partial charge is 0.292 e. The SMILES string of the molecule is CSc1ccc(C(=O)C(C)(C)Cl)cc1. The summed E-state index contributed by atoms with van der Waals surface area (Å²) in [5.41, 5.74) is 0.669. The Morgan fingerprint density at radius 3 is 2.14 bits per heavy atom. The minimum absolute atomic E-state index is 0.0354. The number of hydrogen-bond donors (Lipinski definition) is 0. The Balaban J connectivity index is 2.93. The Morgan fingerprint density at radius 1 is 1.29 bits per heavy atom. The molecule has 1 aromatic carbocycles. The lowest BCUT2D eigenvalue weighted by atomic mass is 10.0. The van der Waals surface area contributed by atoms with Crippen molar-refractivity contribution in [1.82, 2.24) is 0 Å². The molecule has 0 fully saturated rings. The Hall–Kier alpha value is -0.470. The first kappa shape index (κ1) is 11.6. The fraction of sp³-hybridized carbons (Fsp3) is 0.364. The number of halogens is 1. The summed E-state index contributed by atoms with van der Waals surface area (Å²) in [6.45, 7) is 3.42. The van der Waals surface area contributed by atoms with E-state index in [4.69, 9.17) is 11.6 Å². The molecule has 0 aliphatic carbocycles. The summed E-state index contributed by atoms with van der Waals surface area (Å²) in [5.74, 6) is -0.0354. The van der Waals surface area contributed by atoms with Crippen LogP contribution in [0.4, 0.5) is 0 Å². The number of rotatable bonds is 3. The van der Waals surface area contributed by atoms with E-state index >= 15 is 0 Å². The van der Waals surface area contributed by atoms with Gasteiger partial charge in [-0.25, -0.2) is 0 Å².